The fourth-order valence-electron chi connectivity index (χ4n) is 0.317. The number of hydrogen-bond acceptors (Lipinski definition) is 2. The molecule has 1 saturated heterocycles. The van der Waals surface area contributed by atoms with Crippen LogP contribution in [0.2, 0.25) is 5.32 Å². The Labute approximate surface area is 52.8 Å². The van der Waals surface area contributed by atoms with Crippen LogP contribution in [0, 0.1) is 0 Å². The van der Waals surface area contributed by atoms with Gasteiger partial charge in [-0.05, 0) is 0 Å². The molecule has 1 heterocycles. The second-order valence-corrected chi connectivity index (χ2v) is 3.61. The summed E-state index contributed by atoms with van der Waals surface area (Å²) < 4.78 is 0. The van der Waals surface area contributed by atoms with Gasteiger partial charge < -0.3 is 0 Å². The Morgan fingerprint density at radius 1 is 1.86 bits per heavy atom. The van der Waals surface area contributed by atoms with Crippen molar-refractivity contribution in [1.82, 2.24) is 5.32 Å². The van der Waals surface area contributed by atoms with Crippen LogP contribution in [-0.2, 0) is 0 Å². The van der Waals surface area contributed by atoms with Gasteiger partial charge in [-0.3, -0.25) is 0 Å². The van der Waals surface area contributed by atoms with E-state index < -0.39 is 0 Å². The molecule has 7 heavy (non-hydrogen) atoms. The van der Waals surface area contributed by atoms with Crippen LogP contribution in [0.25, 0.3) is 0 Å². The molecule has 1 amide bonds. The first kappa shape index (κ1) is 5.22. The van der Waals surface area contributed by atoms with Gasteiger partial charge in [0.25, 0.3) is 0 Å². The first-order chi connectivity index (χ1) is 3.29. The summed E-state index contributed by atoms with van der Waals surface area (Å²) in [6.07, 6.45) is 0. The molecule has 0 saturated carbocycles. The van der Waals surface area contributed by atoms with Crippen molar-refractivity contribution in [2.75, 3.05) is 0 Å². The molecule has 38 valence electrons. The summed E-state index contributed by atoms with van der Waals surface area (Å²) in [6.45, 7) is 0. The van der Waals surface area contributed by atoms with Gasteiger partial charge in [0.2, 0.25) is 0 Å². The predicted octanol–water partition coefficient (Wildman–Crippen LogP) is 0.160. The summed E-state index contributed by atoms with van der Waals surface area (Å²) in [5.41, 5.74) is 0. The van der Waals surface area contributed by atoms with E-state index in [9.17, 15) is 4.79 Å². The molecular formula is C3H3NOSSe. The van der Waals surface area contributed by atoms with E-state index >= 15 is 0 Å². The van der Waals surface area contributed by atoms with Crippen LogP contribution < -0.4 is 5.32 Å². The van der Waals surface area contributed by atoms with Gasteiger partial charge in [-0.15, -0.1) is 0 Å². The summed E-state index contributed by atoms with van der Waals surface area (Å²) in [5, 5.41) is 3.34. The number of thiocarbonyl (C=S) groups is 1. The average molecular weight is 180 g/mol. The van der Waals surface area contributed by atoms with E-state index in [1.165, 1.54) is 0 Å². The zero-order valence-electron chi connectivity index (χ0n) is 3.43. The third-order valence-electron chi connectivity index (χ3n) is 0.576. The minimum absolute atomic E-state index is 0.108. The second-order valence-electron chi connectivity index (χ2n) is 1.12. The second kappa shape index (κ2) is 1.90. The summed E-state index contributed by atoms with van der Waals surface area (Å²) in [7, 11) is 0. The molecule has 0 atom stereocenters. The van der Waals surface area contributed by atoms with E-state index in [1.54, 1.807) is 0 Å². The maximum absolute atomic E-state index is 10.3. The Bertz CT molecular complexity index is 110. The fourth-order valence-corrected chi connectivity index (χ4v) is 1.97. The summed E-state index contributed by atoms with van der Waals surface area (Å²) in [5.74, 6) is 0. The van der Waals surface area contributed by atoms with E-state index in [-0.39, 0.29) is 19.8 Å². The van der Waals surface area contributed by atoms with Crippen LogP contribution in [0.1, 0.15) is 0 Å². The van der Waals surface area contributed by atoms with Gasteiger partial charge in [-0.2, -0.15) is 0 Å². The molecule has 0 aromatic rings. The molecule has 1 rings (SSSR count). The molecular weight excluding hydrogens is 177 g/mol. The van der Waals surface area contributed by atoms with Crippen LogP contribution >= 0.6 is 12.2 Å². The Morgan fingerprint density at radius 3 is 2.71 bits per heavy atom. The fraction of sp³-hybridized carbons (Fsp3) is 0.333. The maximum atomic E-state index is 10.3. The van der Waals surface area contributed by atoms with E-state index in [0.29, 0.717) is 4.99 Å². The average Bonchev–Trinajstić information content (AvgIpc) is 1.87. The van der Waals surface area contributed by atoms with Crippen molar-refractivity contribution in [2.45, 2.75) is 5.32 Å². The number of hydrogen-bond donors (Lipinski definition) is 1. The van der Waals surface area contributed by atoms with Gasteiger partial charge >= 0.3 is 52.4 Å². The van der Waals surface area contributed by atoms with Gasteiger partial charge in [0.15, 0.2) is 0 Å². The Hall–Kier alpha value is 0.0795. The molecule has 0 spiro atoms. The Balaban J connectivity index is 2.55. The zero-order chi connectivity index (χ0) is 5.28. The molecule has 0 aromatic carbocycles. The van der Waals surface area contributed by atoms with Crippen molar-refractivity contribution in [2.24, 2.45) is 0 Å². The SMILES string of the molecule is O=C1NC(=S)C[Se]1. The van der Waals surface area contributed by atoms with Crippen LogP contribution in [0.4, 0.5) is 4.79 Å². The first-order valence-electron chi connectivity index (χ1n) is 1.75. The van der Waals surface area contributed by atoms with Gasteiger partial charge in [0.05, 0.1) is 0 Å². The van der Waals surface area contributed by atoms with Crippen molar-refractivity contribution in [3.63, 3.8) is 0 Å². The summed E-state index contributed by atoms with van der Waals surface area (Å²) in [4.78, 5) is 11.1. The van der Waals surface area contributed by atoms with Crippen molar-refractivity contribution in [3.05, 3.63) is 0 Å². The standard InChI is InChI=1S/C3H3NOSSe/c5-3-4-2(6)1-7-3/h1H2,(H,4,5,6). The zero-order valence-corrected chi connectivity index (χ0v) is 5.96. The van der Waals surface area contributed by atoms with E-state index in [0.717, 1.165) is 5.32 Å². The topological polar surface area (TPSA) is 29.1 Å². The number of carbonyl (C=O) groups excluding carboxylic acids is 1. The van der Waals surface area contributed by atoms with E-state index in [2.05, 4.69) is 17.5 Å². The molecule has 0 aliphatic carbocycles. The minimum atomic E-state index is 0.108. The molecule has 2 nitrogen and oxygen atoms in total. The molecule has 1 fully saturated rings. The van der Waals surface area contributed by atoms with Crippen molar-refractivity contribution < 1.29 is 4.79 Å². The molecule has 0 bridgehead atoms. The third-order valence-corrected chi connectivity index (χ3v) is 2.91. The number of carbonyl (C=O) groups is 1. The van der Waals surface area contributed by atoms with Gasteiger partial charge in [0, 0.05) is 0 Å². The van der Waals surface area contributed by atoms with E-state index in [4.69, 9.17) is 0 Å². The molecule has 0 unspecified atom stereocenters. The van der Waals surface area contributed by atoms with Crippen molar-refractivity contribution in [3.8, 4) is 0 Å². The van der Waals surface area contributed by atoms with Crippen LogP contribution in [0.15, 0.2) is 0 Å². The normalized spacial score (nSPS) is 20.0. The Kier molecular flexibility index (Phi) is 1.42. The number of nitrogens with one attached hydrogen (secondary N) is 1. The monoisotopic (exact) mass is 181 g/mol. The summed E-state index contributed by atoms with van der Waals surface area (Å²) >= 11 is 4.79. The van der Waals surface area contributed by atoms with Crippen molar-refractivity contribution in [1.29, 1.82) is 0 Å². The quantitative estimate of drug-likeness (QED) is 0.425. The van der Waals surface area contributed by atoms with E-state index in [1.807, 2.05) is 0 Å². The van der Waals surface area contributed by atoms with Gasteiger partial charge in [0.1, 0.15) is 0 Å². The van der Waals surface area contributed by atoms with Crippen molar-refractivity contribution >= 4 is 37.0 Å². The summed E-state index contributed by atoms with van der Waals surface area (Å²) in [6, 6.07) is 0. The molecule has 1 N–H and O–H groups in total. The molecule has 0 radical (unpaired) electrons. The molecule has 0 aromatic heterocycles. The van der Waals surface area contributed by atoms with Gasteiger partial charge in [-0.1, -0.05) is 0 Å². The van der Waals surface area contributed by atoms with Crippen LogP contribution in [0.5, 0.6) is 0 Å². The number of rotatable bonds is 0. The Morgan fingerprint density at radius 2 is 2.57 bits per heavy atom. The van der Waals surface area contributed by atoms with Crippen LogP contribution in [-0.4, -0.2) is 24.8 Å². The first-order valence-corrected chi connectivity index (χ1v) is 4.23. The molecule has 1 aliphatic rings. The molecule has 1 aliphatic heterocycles. The number of amides is 1. The third kappa shape index (κ3) is 1.23. The van der Waals surface area contributed by atoms with Gasteiger partial charge in [-0.25, -0.2) is 0 Å². The predicted molar refractivity (Wildman–Crippen MR) is 31.7 cm³/mol. The molecule has 4 heteroatoms. The van der Waals surface area contributed by atoms with Crippen LogP contribution in [0.3, 0.4) is 0 Å².